The number of allylic oxidation sites excluding steroid dienone is 2. The molecule has 1 aliphatic heterocycles. The lowest BCUT2D eigenvalue weighted by molar-refractivity contribution is -0.115. The quantitative estimate of drug-likeness (QED) is 0.359. The molecule has 1 atom stereocenters. The average Bonchev–Trinajstić information content (AvgIpc) is 2.92. The summed E-state index contributed by atoms with van der Waals surface area (Å²) in [7, 11) is -3.93. The number of sulfonamides is 1. The summed E-state index contributed by atoms with van der Waals surface area (Å²) >= 11 is 0. The molecule has 7 nitrogen and oxygen atoms in total. The van der Waals surface area contributed by atoms with Gasteiger partial charge in [0.2, 0.25) is 0 Å². The van der Waals surface area contributed by atoms with Crippen LogP contribution in [0.5, 0.6) is 11.5 Å². The van der Waals surface area contributed by atoms with E-state index in [4.69, 9.17) is 9.47 Å². The first kappa shape index (κ1) is 26.7. The molecular formula is C31H31NO6S. The fourth-order valence-corrected chi connectivity index (χ4v) is 5.91. The molecule has 202 valence electrons. The molecule has 1 N–H and O–H groups in total. The normalized spacial score (nSPS) is 15.4. The van der Waals surface area contributed by atoms with Crippen LogP contribution in [0.25, 0.3) is 0 Å². The highest BCUT2D eigenvalue weighted by Crippen LogP contribution is 2.35. The number of carbonyl (C=O) groups excluding carboxylic acids is 2. The van der Waals surface area contributed by atoms with Crippen molar-refractivity contribution in [1.29, 1.82) is 0 Å². The number of carbonyl (C=O) groups is 2. The van der Waals surface area contributed by atoms with E-state index in [2.05, 4.69) is 18.6 Å². The van der Waals surface area contributed by atoms with Gasteiger partial charge in [-0.1, -0.05) is 51.1 Å². The number of benzene rings is 3. The summed E-state index contributed by atoms with van der Waals surface area (Å²) in [5, 5.41) is 0. The van der Waals surface area contributed by atoms with E-state index in [1.165, 1.54) is 12.1 Å². The Morgan fingerprint density at radius 2 is 1.59 bits per heavy atom. The Hall–Kier alpha value is -3.91. The Bertz CT molecular complexity index is 1570. The lowest BCUT2D eigenvalue weighted by Crippen LogP contribution is -2.21. The minimum atomic E-state index is -3.93. The Labute approximate surface area is 228 Å². The van der Waals surface area contributed by atoms with Crippen LogP contribution < -0.4 is 14.2 Å². The summed E-state index contributed by atoms with van der Waals surface area (Å²) < 4.78 is 40.0. The molecule has 2 aliphatic rings. The molecule has 0 saturated heterocycles. The number of ether oxygens (including phenoxy) is 2. The molecule has 1 unspecified atom stereocenters. The number of Topliss-reactive ketones (excluding diaryl/α,β-unsaturated/α-hetero) is 2. The van der Waals surface area contributed by atoms with E-state index in [-0.39, 0.29) is 34.2 Å². The van der Waals surface area contributed by atoms with Gasteiger partial charge in [-0.05, 0) is 71.3 Å². The van der Waals surface area contributed by atoms with E-state index >= 15 is 0 Å². The molecule has 0 spiro atoms. The number of rotatable bonds is 8. The van der Waals surface area contributed by atoms with E-state index in [0.717, 1.165) is 11.1 Å². The second kappa shape index (κ2) is 10.7. The van der Waals surface area contributed by atoms with Gasteiger partial charge in [0.15, 0.2) is 23.1 Å². The Morgan fingerprint density at radius 1 is 0.897 bits per heavy atom. The topological polar surface area (TPSA) is 98.8 Å². The van der Waals surface area contributed by atoms with Gasteiger partial charge in [0.05, 0.1) is 10.5 Å². The van der Waals surface area contributed by atoms with Crippen LogP contribution in [0.4, 0.5) is 5.69 Å². The third-order valence-electron chi connectivity index (χ3n) is 7.16. The van der Waals surface area contributed by atoms with E-state index in [0.29, 0.717) is 48.3 Å². The van der Waals surface area contributed by atoms with Gasteiger partial charge in [0, 0.05) is 17.7 Å². The third kappa shape index (κ3) is 5.61. The number of hydrogen-bond acceptors (Lipinski definition) is 6. The lowest BCUT2D eigenvalue weighted by Gasteiger charge is -2.21. The molecule has 3 aromatic carbocycles. The van der Waals surface area contributed by atoms with Crippen molar-refractivity contribution in [2.75, 3.05) is 17.9 Å². The van der Waals surface area contributed by atoms with Gasteiger partial charge in [-0.3, -0.25) is 14.3 Å². The predicted octanol–water partition coefficient (Wildman–Crippen LogP) is 5.81. The minimum absolute atomic E-state index is 0.0270. The molecule has 0 bridgehead atoms. The summed E-state index contributed by atoms with van der Waals surface area (Å²) in [5.41, 5.74) is 3.48. The van der Waals surface area contributed by atoms with E-state index in [9.17, 15) is 18.0 Å². The molecule has 3 aromatic rings. The van der Waals surface area contributed by atoms with Crippen LogP contribution in [-0.2, 0) is 21.2 Å². The molecule has 8 heteroatoms. The maximum atomic E-state index is 13.4. The zero-order valence-corrected chi connectivity index (χ0v) is 23.0. The van der Waals surface area contributed by atoms with Crippen LogP contribution in [0.3, 0.4) is 0 Å². The Kier molecular flexibility index (Phi) is 7.32. The largest absolute Gasteiger partial charge is 0.486 e. The molecular weight excluding hydrogens is 514 g/mol. The van der Waals surface area contributed by atoms with Crippen molar-refractivity contribution in [3.8, 4) is 11.5 Å². The molecule has 0 radical (unpaired) electrons. The van der Waals surface area contributed by atoms with Gasteiger partial charge in [-0.25, -0.2) is 8.42 Å². The minimum Gasteiger partial charge on any atom is -0.486 e. The van der Waals surface area contributed by atoms with Crippen molar-refractivity contribution in [2.24, 2.45) is 0 Å². The van der Waals surface area contributed by atoms with Gasteiger partial charge >= 0.3 is 0 Å². The highest BCUT2D eigenvalue weighted by Gasteiger charge is 2.29. The van der Waals surface area contributed by atoms with Crippen LogP contribution in [0.15, 0.2) is 77.2 Å². The van der Waals surface area contributed by atoms with Crippen molar-refractivity contribution in [1.82, 2.24) is 0 Å². The molecule has 0 fully saturated rings. The van der Waals surface area contributed by atoms with Gasteiger partial charge in [0.25, 0.3) is 10.0 Å². The van der Waals surface area contributed by atoms with Gasteiger partial charge in [0.1, 0.15) is 13.2 Å². The van der Waals surface area contributed by atoms with Crippen LogP contribution >= 0.6 is 0 Å². The lowest BCUT2D eigenvalue weighted by atomic mass is 9.85. The third-order valence-corrected chi connectivity index (χ3v) is 8.54. The fourth-order valence-electron chi connectivity index (χ4n) is 4.82. The van der Waals surface area contributed by atoms with E-state index in [1.54, 1.807) is 24.3 Å². The van der Waals surface area contributed by atoms with Gasteiger partial charge in [-0.2, -0.15) is 0 Å². The second-order valence-electron chi connectivity index (χ2n) is 10.3. The number of fused-ring (bicyclic) bond motifs is 2. The Morgan fingerprint density at radius 3 is 2.31 bits per heavy atom. The van der Waals surface area contributed by atoms with Crippen LogP contribution in [0, 0.1) is 0 Å². The van der Waals surface area contributed by atoms with Crippen molar-refractivity contribution in [2.45, 2.75) is 50.3 Å². The first-order valence-corrected chi connectivity index (χ1v) is 14.5. The fraction of sp³-hybridized carbons (Fsp3) is 0.290. The molecule has 1 aliphatic carbocycles. The maximum Gasteiger partial charge on any atom is 0.261 e. The molecule has 0 amide bonds. The SMILES string of the molecule is CC(C)c1ccc(NS(=O)(=O)c2ccc3c(c2)C(=O)C(C(=O)CC(C)c2ccc4c(c2)OCCO4)=CC3)cc1. The first-order chi connectivity index (χ1) is 18.6. The number of hydrogen-bond donors (Lipinski definition) is 1. The van der Waals surface area contributed by atoms with E-state index < -0.39 is 15.8 Å². The zero-order valence-electron chi connectivity index (χ0n) is 22.2. The maximum absolute atomic E-state index is 13.4. The summed E-state index contributed by atoms with van der Waals surface area (Å²) in [6, 6.07) is 17.3. The molecule has 0 saturated carbocycles. The highest BCUT2D eigenvalue weighted by molar-refractivity contribution is 7.92. The molecule has 39 heavy (non-hydrogen) atoms. The Balaban J connectivity index is 1.31. The van der Waals surface area contributed by atoms with Crippen molar-refractivity contribution in [3.63, 3.8) is 0 Å². The number of nitrogens with one attached hydrogen (secondary N) is 1. The van der Waals surface area contributed by atoms with Crippen LogP contribution in [-0.4, -0.2) is 33.2 Å². The predicted molar refractivity (Wildman–Crippen MR) is 149 cm³/mol. The average molecular weight is 546 g/mol. The van der Waals surface area contributed by atoms with Crippen molar-refractivity contribution in [3.05, 3.63) is 94.6 Å². The smallest absolute Gasteiger partial charge is 0.261 e. The monoisotopic (exact) mass is 545 g/mol. The van der Waals surface area contributed by atoms with Crippen molar-refractivity contribution >= 4 is 27.3 Å². The van der Waals surface area contributed by atoms with Crippen LogP contribution in [0.1, 0.15) is 66.1 Å². The molecule has 5 rings (SSSR count). The summed E-state index contributed by atoms with van der Waals surface area (Å²) in [5.74, 6) is 0.785. The van der Waals surface area contributed by atoms with E-state index in [1.807, 2.05) is 37.3 Å². The van der Waals surface area contributed by atoms with Crippen LogP contribution in [0.2, 0.25) is 0 Å². The number of ketones is 2. The van der Waals surface area contributed by atoms with Gasteiger partial charge in [-0.15, -0.1) is 0 Å². The first-order valence-electron chi connectivity index (χ1n) is 13.1. The van der Waals surface area contributed by atoms with Gasteiger partial charge < -0.3 is 9.47 Å². The zero-order chi connectivity index (χ0) is 27.7. The van der Waals surface area contributed by atoms with Crippen molar-refractivity contribution < 1.29 is 27.5 Å². The standard InChI is InChI=1S/C31H31NO6S/c1-19(2)21-4-9-24(10-5-21)32-39(35,36)25-11-6-22-7-12-26(31(34)27(22)18-25)28(33)16-20(3)23-8-13-29-30(17-23)38-15-14-37-29/h4-6,8-13,17-20,32H,7,14-16H2,1-3H3. The molecule has 1 heterocycles. The highest BCUT2D eigenvalue weighted by atomic mass is 32.2. The second-order valence-corrected chi connectivity index (χ2v) is 12.0. The summed E-state index contributed by atoms with van der Waals surface area (Å²) in [6.45, 7) is 7.03. The molecule has 0 aromatic heterocycles. The summed E-state index contributed by atoms with van der Waals surface area (Å²) in [6.07, 6.45) is 2.16. The number of anilines is 1. The summed E-state index contributed by atoms with van der Waals surface area (Å²) in [4.78, 5) is 26.6.